The van der Waals surface area contributed by atoms with Crippen LogP contribution in [0.3, 0.4) is 0 Å². The van der Waals surface area contributed by atoms with Crippen LogP contribution in [0.5, 0.6) is 0 Å². The molecule has 0 N–H and O–H groups in total. The Kier molecular flexibility index (Phi) is 6.18. The molecular weight excluding hydrogens is 278 g/mol. The van der Waals surface area contributed by atoms with E-state index in [1.807, 2.05) is 18.9 Å². The van der Waals surface area contributed by atoms with Gasteiger partial charge in [-0.15, -0.1) is 0 Å². The summed E-state index contributed by atoms with van der Waals surface area (Å²) in [6.07, 6.45) is 3.46. The fourth-order valence-electron chi connectivity index (χ4n) is 1.55. The van der Waals surface area contributed by atoms with Crippen LogP contribution < -0.4 is 0 Å². The standard InChI is InChI=1S/C14H18ClN3O2/c1-5-8-12(18(4)6-2)10-9-11(13(19)20-7-3)17-14(15)16-10/h5,8-9H,1,6-7H2,2-4H3. The van der Waals surface area contributed by atoms with Gasteiger partial charge in [0.25, 0.3) is 0 Å². The first-order valence-electron chi connectivity index (χ1n) is 6.29. The van der Waals surface area contributed by atoms with Crippen molar-refractivity contribution in [2.45, 2.75) is 13.8 Å². The Morgan fingerprint density at radius 2 is 2.10 bits per heavy atom. The Morgan fingerprint density at radius 1 is 1.45 bits per heavy atom. The lowest BCUT2D eigenvalue weighted by atomic mass is 10.2. The third-order valence-electron chi connectivity index (χ3n) is 2.61. The molecular formula is C14H18ClN3O2. The van der Waals surface area contributed by atoms with Gasteiger partial charge in [0.05, 0.1) is 18.0 Å². The van der Waals surface area contributed by atoms with Crippen LogP contribution in [0.1, 0.15) is 30.0 Å². The van der Waals surface area contributed by atoms with Crippen LogP contribution in [-0.2, 0) is 4.74 Å². The van der Waals surface area contributed by atoms with Gasteiger partial charge in [-0.05, 0) is 37.6 Å². The average molecular weight is 296 g/mol. The van der Waals surface area contributed by atoms with Gasteiger partial charge >= 0.3 is 5.97 Å². The van der Waals surface area contributed by atoms with Crippen LogP contribution in [0.25, 0.3) is 5.70 Å². The van der Waals surface area contributed by atoms with Gasteiger partial charge in [-0.25, -0.2) is 14.8 Å². The molecule has 1 aromatic rings. The second-order valence-electron chi connectivity index (χ2n) is 3.93. The quantitative estimate of drug-likeness (QED) is 0.459. The van der Waals surface area contributed by atoms with Gasteiger partial charge in [-0.3, -0.25) is 0 Å². The molecule has 20 heavy (non-hydrogen) atoms. The number of hydrogen-bond donors (Lipinski definition) is 0. The van der Waals surface area contributed by atoms with Gasteiger partial charge in [0.1, 0.15) is 0 Å². The maximum Gasteiger partial charge on any atom is 0.357 e. The van der Waals surface area contributed by atoms with E-state index in [-0.39, 0.29) is 17.6 Å². The summed E-state index contributed by atoms with van der Waals surface area (Å²) in [7, 11) is 1.91. The maximum atomic E-state index is 11.7. The molecule has 0 radical (unpaired) electrons. The van der Waals surface area contributed by atoms with Crippen molar-refractivity contribution in [2.24, 2.45) is 0 Å². The summed E-state index contributed by atoms with van der Waals surface area (Å²) >= 11 is 5.88. The molecule has 1 rings (SSSR count). The van der Waals surface area contributed by atoms with Crippen molar-refractivity contribution >= 4 is 23.3 Å². The van der Waals surface area contributed by atoms with E-state index in [2.05, 4.69) is 16.5 Å². The highest BCUT2D eigenvalue weighted by Crippen LogP contribution is 2.19. The number of rotatable bonds is 6. The number of halogens is 1. The molecule has 0 spiro atoms. The van der Waals surface area contributed by atoms with E-state index in [0.717, 1.165) is 12.2 Å². The Bertz CT molecular complexity index is 529. The van der Waals surface area contributed by atoms with Gasteiger partial charge < -0.3 is 9.64 Å². The van der Waals surface area contributed by atoms with Crippen molar-refractivity contribution in [3.63, 3.8) is 0 Å². The van der Waals surface area contributed by atoms with E-state index in [4.69, 9.17) is 16.3 Å². The zero-order chi connectivity index (χ0) is 15.1. The second-order valence-corrected chi connectivity index (χ2v) is 4.27. The normalized spacial score (nSPS) is 11.1. The van der Waals surface area contributed by atoms with Crippen LogP contribution in [0.2, 0.25) is 5.28 Å². The maximum absolute atomic E-state index is 11.7. The highest BCUT2D eigenvalue weighted by molar-refractivity contribution is 6.28. The number of allylic oxidation sites excluding steroid dienone is 2. The molecule has 0 aliphatic heterocycles. The lowest BCUT2D eigenvalue weighted by molar-refractivity contribution is 0.0519. The van der Waals surface area contributed by atoms with E-state index in [9.17, 15) is 4.79 Å². The summed E-state index contributed by atoms with van der Waals surface area (Å²) in [5, 5.41) is 0.00465. The fraction of sp³-hybridized carbons (Fsp3) is 0.357. The van der Waals surface area contributed by atoms with Crippen LogP contribution in [0.15, 0.2) is 24.8 Å². The number of esters is 1. The third-order valence-corrected chi connectivity index (χ3v) is 2.78. The molecule has 0 saturated heterocycles. The van der Waals surface area contributed by atoms with Crippen molar-refractivity contribution in [3.05, 3.63) is 41.5 Å². The van der Waals surface area contributed by atoms with Crippen molar-refractivity contribution in [1.82, 2.24) is 14.9 Å². The van der Waals surface area contributed by atoms with Crippen molar-refractivity contribution in [3.8, 4) is 0 Å². The van der Waals surface area contributed by atoms with Gasteiger partial charge in [0.15, 0.2) is 5.69 Å². The topological polar surface area (TPSA) is 55.3 Å². The molecule has 0 bridgehead atoms. The van der Waals surface area contributed by atoms with Crippen molar-refractivity contribution in [1.29, 1.82) is 0 Å². The number of nitrogens with zero attached hydrogens (tertiary/aromatic N) is 3. The summed E-state index contributed by atoms with van der Waals surface area (Å²) in [5.41, 5.74) is 1.50. The molecule has 6 heteroatoms. The van der Waals surface area contributed by atoms with Crippen molar-refractivity contribution in [2.75, 3.05) is 20.2 Å². The molecule has 1 heterocycles. The average Bonchev–Trinajstić information content (AvgIpc) is 2.43. The number of carbonyl (C=O) groups is 1. The minimum absolute atomic E-state index is 0.00465. The van der Waals surface area contributed by atoms with Gasteiger partial charge in [-0.2, -0.15) is 0 Å². The smallest absolute Gasteiger partial charge is 0.357 e. The highest BCUT2D eigenvalue weighted by atomic mass is 35.5. The largest absolute Gasteiger partial charge is 0.461 e. The minimum Gasteiger partial charge on any atom is -0.461 e. The first-order valence-corrected chi connectivity index (χ1v) is 6.67. The monoisotopic (exact) mass is 295 g/mol. The van der Waals surface area contributed by atoms with Gasteiger partial charge in [0.2, 0.25) is 5.28 Å². The molecule has 108 valence electrons. The zero-order valence-corrected chi connectivity index (χ0v) is 12.6. The van der Waals surface area contributed by atoms with E-state index in [1.165, 1.54) is 0 Å². The molecule has 1 aromatic heterocycles. The van der Waals surface area contributed by atoms with Crippen LogP contribution in [-0.4, -0.2) is 41.0 Å². The number of carbonyl (C=O) groups excluding carboxylic acids is 1. The Balaban J connectivity index is 3.26. The summed E-state index contributed by atoms with van der Waals surface area (Å²) in [6, 6.07) is 1.56. The minimum atomic E-state index is -0.518. The van der Waals surface area contributed by atoms with Crippen LogP contribution in [0.4, 0.5) is 0 Å². The summed E-state index contributed by atoms with van der Waals surface area (Å²) < 4.78 is 4.92. The van der Waals surface area contributed by atoms with Gasteiger partial charge in [-0.1, -0.05) is 12.7 Å². The number of aromatic nitrogens is 2. The lowest BCUT2D eigenvalue weighted by Crippen LogP contribution is -2.18. The van der Waals surface area contributed by atoms with Crippen LogP contribution in [0, 0.1) is 0 Å². The summed E-state index contributed by atoms with van der Waals surface area (Å²) in [6.45, 7) is 8.47. The highest BCUT2D eigenvalue weighted by Gasteiger charge is 2.15. The first-order chi connectivity index (χ1) is 9.53. The molecule has 5 nitrogen and oxygen atoms in total. The summed E-state index contributed by atoms with van der Waals surface area (Å²) in [4.78, 5) is 21.8. The molecule has 0 amide bonds. The third kappa shape index (κ3) is 4.06. The fourth-order valence-corrected chi connectivity index (χ4v) is 1.73. The molecule has 0 aliphatic carbocycles. The molecule has 0 unspecified atom stereocenters. The number of hydrogen-bond acceptors (Lipinski definition) is 5. The molecule has 0 aromatic carbocycles. The Labute approximate surface area is 123 Å². The van der Waals surface area contributed by atoms with Crippen molar-refractivity contribution < 1.29 is 9.53 Å². The Hall–Kier alpha value is -1.88. The molecule has 0 fully saturated rings. The first kappa shape index (κ1) is 16.2. The number of ether oxygens (including phenoxy) is 1. The molecule has 0 aliphatic rings. The SMILES string of the molecule is C=CC=C(c1cc(C(=O)OCC)nc(Cl)n1)N(C)CC. The zero-order valence-electron chi connectivity index (χ0n) is 11.9. The van der Waals surface area contributed by atoms with E-state index >= 15 is 0 Å². The van der Waals surface area contributed by atoms with Crippen LogP contribution >= 0.6 is 11.6 Å². The van der Waals surface area contributed by atoms with E-state index in [1.54, 1.807) is 25.1 Å². The Morgan fingerprint density at radius 3 is 2.65 bits per heavy atom. The van der Waals surface area contributed by atoms with Gasteiger partial charge in [0, 0.05) is 13.6 Å². The second kappa shape index (κ2) is 7.65. The van der Waals surface area contributed by atoms with E-state index < -0.39 is 5.97 Å². The lowest BCUT2D eigenvalue weighted by Gasteiger charge is -2.20. The predicted octanol–water partition coefficient (Wildman–Crippen LogP) is 2.79. The van der Waals surface area contributed by atoms with E-state index in [0.29, 0.717) is 5.69 Å². The molecule has 0 saturated carbocycles. The predicted molar refractivity (Wildman–Crippen MR) is 79.5 cm³/mol. The summed E-state index contributed by atoms with van der Waals surface area (Å²) in [5.74, 6) is -0.518. The molecule has 0 atom stereocenters.